The van der Waals surface area contributed by atoms with Crippen LogP contribution in [0.15, 0.2) is 48.8 Å². The van der Waals surface area contributed by atoms with Gasteiger partial charge in [-0.2, -0.15) is 0 Å². The molecule has 4 nitrogen and oxygen atoms in total. The molecule has 0 radical (unpaired) electrons. The normalized spacial score (nSPS) is 19.2. The molecule has 2 heterocycles. The van der Waals surface area contributed by atoms with Crippen LogP contribution >= 0.6 is 0 Å². The van der Waals surface area contributed by atoms with E-state index in [4.69, 9.17) is 0 Å². The van der Waals surface area contributed by atoms with Crippen LogP contribution < -0.4 is 10.2 Å². The van der Waals surface area contributed by atoms with Crippen LogP contribution in [0.25, 0.3) is 0 Å². The van der Waals surface area contributed by atoms with E-state index in [0.29, 0.717) is 5.92 Å². The second kappa shape index (κ2) is 7.06. The molecule has 2 aliphatic rings. The van der Waals surface area contributed by atoms with Gasteiger partial charge in [-0.1, -0.05) is 12.1 Å². The summed E-state index contributed by atoms with van der Waals surface area (Å²) in [7, 11) is 0. The highest BCUT2D eigenvalue weighted by Crippen LogP contribution is 2.48. The molecule has 26 heavy (non-hydrogen) atoms. The quantitative estimate of drug-likeness (QED) is 0.897. The molecule has 1 saturated heterocycles. The minimum absolute atomic E-state index is 0.0961. The Balaban J connectivity index is 1.28. The second-order valence-electron chi connectivity index (χ2n) is 7.44. The molecule has 2 aromatic rings. The van der Waals surface area contributed by atoms with Crippen LogP contribution in [0.1, 0.15) is 31.2 Å². The second-order valence-corrected chi connectivity index (χ2v) is 7.44. The minimum atomic E-state index is -0.426. The zero-order chi connectivity index (χ0) is 18.0. The van der Waals surface area contributed by atoms with Gasteiger partial charge in [-0.05, 0) is 61.4 Å². The first-order valence-electron chi connectivity index (χ1n) is 9.37. The average Bonchev–Trinajstić information content (AvgIpc) is 3.50. The molecule has 0 spiro atoms. The molecule has 1 amide bonds. The Morgan fingerprint density at radius 1 is 1.19 bits per heavy atom. The molecule has 1 aromatic heterocycles. The van der Waals surface area contributed by atoms with Crippen molar-refractivity contribution in [3.8, 4) is 0 Å². The number of anilines is 1. The lowest BCUT2D eigenvalue weighted by atomic mass is 9.93. The first kappa shape index (κ1) is 17.0. The molecule has 1 saturated carbocycles. The molecule has 1 aliphatic heterocycles. The highest BCUT2D eigenvalue weighted by atomic mass is 19.1. The SMILES string of the molecule is O=C(NCC1CCN(c2cccnc2)CC1)C1(c2ccc(F)cc2)CC1. The lowest BCUT2D eigenvalue weighted by Gasteiger charge is -2.33. The number of hydrogen-bond acceptors (Lipinski definition) is 3. The molecule has 5 heteroatoms. The van der Waals surface area contributed by atoms with E-state index < -0.39 is 5.41 Å². The number of amides is 1. The van der Waals surface area contributed by atoms with Crippen LogP contribution in [0.4, 0.5) is 10.1 Å². The molecule has 4 rings (SSSR count). The van der Waals surface area contributed by atoms with Crippen LogP contribution in [0.3, 0.4) is 0 Å². The minimum Gasteiger partial charge on any atom is -0.370 e. The maximum atomic E-state index is 13.1. The van der Waals surface area contributed by atoms with Gasteiger partial charge in [-0.3, -0.25) is 9.78 Å². The maximum absolute atomic E-state index is 13.1. The fourth-order valence-corrected chi connectivity index (χ4v) is 3.88. The fourth-order valence-electron chi connectivity index (χ4n) is 3.88. The zero-order valence-corrected chi connectivity index (χ0v) is 14.8. The molecule has 1 N–H and O–H groups in total. The first-order chi connectivity index (χ1) is 12.7. The largest absolute Gasteiger partial charge is 0.370 e. The Bertz CT molecular complexity index is 751. The number of carbonyl (C=O) groups is 1. The standard InChI is InChI=1S/C21H24FN3O/c22-18-5-3-17(4-6-18)21(9-10-21)20(26)24-14-16-7-12-25(13-8-16)19-2-1-11-23-15-19/h1-6,11,15-16H,7-10,12-14H2,(H,24,26). The van der Waals surface area contributed by atoms with Crippen molar-refractivity contribution < 1.29 is 9.18 Å². The van der Waals surface area contributed by atoms with Crippen molar-refractivity contribution >= 4 is 11.6 Å². The Hall–Kier alpha value is -2.43. The third kappa shape index (κ3) is 3.43. The van der Waals surface area contributed by atoms with E-state index in [1.165, 1.54) is 17.8 Å². The number of pyridine rings is 1. The number of nitrogens with zero attached hydrogens (tertiary/aromatic N) is 2. The summed E-state index contributed by atoms with van der Waals surface area (Å²) in [4.78, 5) is 19.3. The van der Waals surface area contributed by atoms with Gasteiger partial charge >= 0.3 is 0 Å². The third-order valence-electron chi connectivity index (χ3n) is 5.76. The number of carbonyl (C=O) groups excluding carboxylic acids is 1. The third-order valence-corrected chi connectivity index (χ3v) is 5.76. The fraction of sp³-hybridized carbons (Fsp3) is 0.429. The van der Waals surface area contributed by atoms with Gasteiger partial charge in [0, 0.05) is 25.8 Å². The number of rotatable bonds is 5. The Labute approximate surface area is 153 Å². The van der Waals surface area contributed by atoms with Gasteiger partial charge in [0.1, 0.15) is 5.82 Å². The molecule has 1 aromatic carbocycles. The van der Waals surface area contributed by atoms with Gasteiger partial charge in [0.15, 0.2) is 0 Å². The summed E-state index contributed by atoms with van der Waals surface area (Å²) < 4.78 is 13.1. The average molecular weight is 353 g/mol. The Kier molecular flexibility index (Phi) is 4.62. The lowest BCUT2D eigenvalue weighted by molar-refractivity contribution is -0.123. The highest BCUT2D eigenvalue weighted by Gasteiger charge is 2.51. The molecular formula is C21H24FN3O. The van der Waals surface area contributed by atoms with Gasteiger partial charge in [0.2, 0.25) is 5.91 Å². The summed E-state index contributed by atoms with van der Waals surface area (Å²) in [5, 5.41) is 3.16. The van der Waals surface area contributed by atoms with Gasteiger partial charge in [-0.15, -0.1) is 0 Å². The van der Waals surface area contributed by atoms with Crippen molar-refractivity contribution in [3.05, 3.63) is 60.2 Å². The summed E-state index contributed by atoms with van der Waals surface area (Å²) in [6.45, 7) is 2.72. The van der Waals surface area contributed by atoms with Crippen molar-refractivity contribution in [2.75, 3.05) is 24.5 Å². The number of piperidine rings is 1. The topological polar surface area (TPSA) is 45.2 Å². The number of nitrogens with one attached hydrogen (secondary N) is 1. The molecule has 136 valence electrons. The molecule has 0 unspecified atom stereocenters. The number of aromatic nitrogens is 1. The van der Waals surface area contributed by atoms with E-state index >= 15 is 0 Å². The summed E-state index contributed by atoms with van der Waals surface area (Å²) in [6, 6.07) is 10.4. The number of halogens is 1. The summed E-state index contributed by atoms with van der Waals surface area (Å²) in [5.41, 5.74) is 1.68. The Morgan fingerprint density at radius 2 is 1.92 bits per heavy atom. The number of hydrogen-bond donors (Lipinski definition) is 1. The number of benzene rings is 1. The van der Waals surface area contributed by atoms with Gasteiger partial charge < -0.3 is 10.2 Å². The highest BCUT2D eigenvalue weighted by molar-refractivity contribution is 5.91. The lowest BCUT2D eigenvalue weighted by Crippen LogP contribution is -2.41. The molecule has 1 aliphatic carbocycles. The summed E-state index contributed by atoms with van der Waals surface area (Å²) in [5.74, 6) is 0.347. The van der Waals surface area contributed by atoms with E-state index in [0.717, 1.165) is 50.9 Å². The van der Waals surface area contributed by atoms with Crippen molar-refractivity contribution in [2.45, 2.75) is 31.1 Å². The van der Waals surface area contributed by atoms with Crippen molar-refractivity contribution in [2.24, 2.45) is 5.92 Å². The van der Waals surface area contributed by atoms with Crippen molar-refractivity contribution in [3.63, 3.8) is 0 Å². The monoisotopic (exact) mass is 353 g/mol. The Morgan fingerprint density at radius 3 is 2.54 bits per heavy atom. The van der Waals surface area contributed by atoms with E-state index in [1.54, 1.807) is 18.3 Å². The van der Waals surface area contributed by atoms with E-state index in [1.807, 2.05) is 12.3 Å². The van der Waals surface area contributed by atoms with Crippen LogP contribution in [0, 0.1) is 11.7 Å². The van der Waals surface area contributed by atoms with Gasteiger partial charge in [0.05, 0.1) is 17.3 Å². The molecular weight excluding hydrogens is 329 g/mol. The van der Waals surface area contributed by atoms with E-state index in [9.17, 15) is 9.18 Å². The van der Waals surface area contributed by atoms with Crippen LogP contribution in [-0.4, -0.2) is 30.5 Å². The van der Waals surface area contributed by atoms with Gasteiger partial charge in [-0.25, -0.2) is 4.39 Å². The molecule has 2 fully saturated rings. The van der Waals surface area contributed by atoms with E-state index in [-0.39, 0.29) is 11.7 Å². The molecule has 0 atom stereocenters. The van der Waals surface area contributed by atoms with Crippen LogP contribution in [-0.2, 0) is 10.2 Å². The van der Waals surface area contributed by atoms with E-state index in [2.05, 4.69) is 21.3 Å². The van der Waals surface area contributed by atoms with Crippen molar-refractivity contribution in [1.29, 1.82) is 0 Å². The summed E-state index contributed by atoms with van der Waals surface area (Å²) >= 11 is 0. The zero-order valence-electron chi connectivity index (χ0n) is 14.8. The maximum Gasteiger partial charge on any atom is 0.230 e. The van der Waals surface area contributed by atoms with Gasteiger partial charge in [0.25, 0.3) is 0 Å². The van der Waals surface area contributed by atoms with Crippen LogP contribution in [0.2, 0.25) is 0 Å². The predicted molar refractivity (Wildman–Crippen MR) is 99.5 cm³/mol. The molecule has 0 bridgehead atoms. The van der Waals surface area contributed by atoms with Crippen LogP contribution in [0.5, 0.6) is 0 Å². The van der Waals surface area contributed by atoms with Crippen molar-refractivity contribution in [1.82, 2.24) is 10.3 Å². The summed E-state index contributed by atoms with van der Waals surface area (Å²) in [6.07, 6.45) is 7.54. The first-order valence-corrected chi connectivity index (χ1v) is 9.37. The predicted octanol–water partition coefficient (Wildman–Crippen LogP) is 3.29. The smallest absolute Gasteiger partial charge is 0.230 e.